The molecule has 0 saturated heterocycles. The van der Waals surface area contributed by atoms with E-state index in [2.05, 4.69) is 33.9 Å². The zero-order valence-corrected chi connectivity index (χ0v) is 12.4. The summed E-state index contributed by atoms with van der Waals surface area (Å²) in [5, 5.41) is 7.13. The third-order valence-corrected chi connectivity index (χ3v) is 5.31. The number of hydrogen-bond acceptors (Lipinski definition) is 4. The minimum atomic E-state index is -0.0980. The maximum Gasteiger partial charge on any atom is 0.119 e. The van der Waals surface area contributed by atoms with Gasteiger partial charge in [0.15, 0.2) is 0 Å². The smallest absolute Gasteiger partial charge is 0.119 e. The zero-order chi connectivity index (χ0) is 13.6. The van der Waals surface area contributed by atoms with Crippen LogP contribution in [0.3, 0.4) is 0 Å². The van der Waals surface area contributed by atoms with Crippen LogP contribution in [0.4, 0.5) is 0 Å². The van der Waals surface area contributed by atoms with Gasteiger partial charge in [-0.05, 0) is 48.9 Å². The van der Waals surface area contributed by atoms with Crippen LogP contribution in [0.5, 0.6) is 5.75 Å². The van der Waals surface area contributed by atoms with Gasteiger partial charge in [-0.15, -0.1) is 11.3 Å². The quantitative estimate of drug-likeness (QED) is 0.938. The molecule has 2 aromatic rings. The van der Waals surface area contributed by atoms with Gasteiger partial charge in [-0.3, -0.25) is 5.32 Å². The van der Waals surface area contributed by atoms with Gasteiger partial charge in [0, 0.05) is 17.6 Å². The van der Waals surface area contributed by atoms with Gasteiger partial charge in [0.2, 0.25) is 0 Å². The maximum absolute atomic E-state index is 5.43. The Labute approximate surface area is 123 Å². The van der Waals surface area contributed by atoms with Crippen LogP contribution in [0.25, 0.3) is 0 Å². The molecule has 1 aromatic heterocycles. The second-order valence-corrected chi connectivity index (χ2v) is 6.58. The van der Waals surface area contributed by atoms with Crippen molar-refractivity contribution in [2.45, 2.75) is 37.3 Å². The van der Waals surface area contributed by atoms with Gasteiger partial charge in [-0.1, -0.05) is 6.07 Å². The molecule has 2 aliphatic rings. The summed E-state index contributed by atoms with van der Waals surface area (Å²) in [6.45, 7) is 0. The van der Waals surface area contributed by atoms with Crippen molar-refractivity contribution in [3.05, 3.63) is 45.9 Å². The highest BCUT2D eigenvalue weighted by molar-refractivity contribution is 7.09. The van der Waals surface area contributed by atoms with Crippen LogP contribution in [0.2, 0.25) is 0 Å². The number of fused-ring (bicyclic) bond motifs is 1. The number of aromatic nitrogens is 1. The monoisotopic (exact) mass is 286 g/mol. The normalized spacial score (nSPS) is 24.6. The van der Waals surface area contributed by atoms with Crippen LogP contribution in [-0.4, -0.2) is 18.1 Å². The summed E-state index contributed by atoms with van der Waals surface area (Å²) >= 11 is 1.75. The highest BCUT2D eigenvalue weighted by atomic mass is 32.1. The van der Waals surface area contributed by atoms with Crippen molar-refractivity contribution in [2.75, 3.05) is 7.11 Å². The Hall–Kier alpha value is -1.39. The predicted octanol–water partition coefficient (Wildman–Crippen LogP) is 3.09. The first-order chi connectivity index (χ1) is 9.82. The average molecular weight is 286 g/mol. The molecule has 0 radical (unpaired) electrons. The SMILES string of the molecule is COc1ccc2c(c1)C(NC1CC1)(c1nccs1)CC2. The molecule has 0 spiro atoms. The molecule has 2 aliphatic carbocycles. The Bertz CT molecular complexity index is 621. The van der Waals surface area contributed by atoms with Gasteiger partial charge in [0.25, 0.3) is 0 Å². The maximum atomic E-state index is 5.43. The summed E-state index contributed by atoms with van der Waals surface area (Å²) in [6, 6.07) is 7.11. The van der Waals surface area contributed by atoms with Gasteiger partial charge >= 0.3 is 0 Å². The van der Waals surface area contributed by atoms with E-state index < -0.39 is 0 Å². The third kappa shape index (κ3) is 1.86. The average Bonchev–Trinajstić information content (AvgIpc) is 3.00. The second-order valence-electron chi connectivity index (χ2n) is 5.68. The fraction of sp³-hybridized carbons (Fsp3) is 0.438. The van der Waals surface area contributed by atoms with Gasteiger partial charge in [-0.2, -0.15) is 0 Å². The summed E-state index contributed by atoms with van der Waals surface area (Å²) in [7, 11) is 1.73. The molecule has 4 rings (SSSR count). The predicted molar refractivity (Wildman–Crippen MR) is 80.4 cm³/mol. The molecule has 1 heterocycles. The van der Waals surface area contributed by atoms with E-state index in [1.165, 1.54) is 29.0 Å². The number of hydrogen-bond donors (Lipinski definition) is 1. The molecule has 1 saturated carbocycles. The molecule has 20 heavy (non-hydrogen) atoms. The molecule has 0 amide bonds. The van der Waals surface area contributed by atoms with E-state index in [0.717, 1.165) is 18.6 Å². The second kappa shape index (κ2) is 4.57. The van der Waals surface area contributed by atoms with Crippen molar-refractivity contribution < 1.29 is 4.74 Å². The lowest BCUT2D eigenvalue weighted by molar-refractivity contribution is 0.386. The lowest BCUT2D eigenvalue weighted by Crippen LogP contribution is -2.42. The number of aryl methyl sites for hydroxylation is 1. The Morgan fingerprint density at radius 1 is 1.40 bits per heavy atom. The molecule has 0 aliphatic heterocycles. The Morgan fingerprint density at radius 3 is 3.00 bits per heavy atom. The van der Waals surface area contributed by atoms with Crippen LogP contribution < -0.4 is 10.1 Å². The number of methoxy groups -OCH3 is 1. The number of ether oxygens (including phenoxy) is 1. The minimum absolute atomic E-state index is 0.0980. The Balaban J connectivity index is 1.85. The first-order valence-electron chi connectivity index (χ1n) is 7.17. The standard InChI is InChI=1S/C16H18N2OS/c1-19-13-5-2-11-6-7-16(14(11)10-13,18-12-3-4-12)15-17-8-9-20-15/h2,5,8-10,12,18H,3-4,6-7H2,1H3. The highest BCUT2D eigenvalue weighted by Gasteiger charge is 2.45. The van der Waals surface area contributed by atoms with E-state index in [0.29, 0.717) is 6.04 Å². The first-order valence-corrected chi connectivity index (χ1v) is 8.05. The number of nitrogens with one attached hydrogen (secondary N) is 1. The molecule has 0 bridgehead atoms. The minimum Gasteiger partial charge on any atom is -0.497 e. The molecule has 1 atom stereocenters. The van der Waals surface area contributed by atoms with E-state index in [1.54, 1.807) is 18.4 Å². The van der Waals surface area contributed by atoms with Crippen molar-refractivity contribution in [1.29, 1.82) is 0 Å². The molecule has 1 aromatic carbocycles. The molecule has 1 fully saturated rings. The van der Waals surface area contributed by atoms with Crippen LogP contribution in [-0.2, 0) is 12.0 Å². The van der Waals surface area contributed by atoms with Crippen LogP contribution in [0, 0.1) is 0 Å². The van der Waals surface area contributed by atoms with Crippen molar-refractivity contribution in [3.8, 4) is 5.75 Å². The summed E-state index contributed by atoms with van der Waals surface area (Å²) in [5.74, 6) is 0.934. The summed E-state index contributed by atoms with van der Waals surface area (Å²) in [6.07, 6.45) is 6.69. The van der Waals surface area contributed by atoms with Gasteiger partial charge in [0.1, 0.15) is 10.8 Å². The van der Waals surface area contributed by atoms with Crippen molar-refractivity contribution >= 4 is 11.3 Å². The van der Waals surface area contributed by atoms with Crippen LogP contribution >= 0.6 is 11.3 Å². The van der Waals surface area contributed by atoms with Gasteiger partial charge in [-0.25, -0.2) is 4.98 Å². The summed E-state index contributed by atoms with van der Waals surface area (Å²) in [4.78, 5) is 4.62. The number of thiazole rings is 1. The van der Waals surface area contributed by atoms with E-state index in [4.69, 9.17) is 4.74 Å². The summed E-state index contributed by atoms with van der Waals surface area (Å²) < 4.78 is 5.43. The van der Waals surface area contributed by atoms with Crippen LogP contribution in [0.15, 0.2) is 29.8 Å². The molecular weight excluding hydrogens is 268 g/mol. The number of rotatable bonds is 4. The molecule has 4 heteroatoms. The van der Waals surface area contributed by atoms with E-state index >= 15 is 0 Å². The Morgan fingerprint density at radius 2 is 2.30 bits per heavy atom. The molecular formula is C16H18N2OS. The summed E-state index contributed by atoms with van der Waals surface area (Å²) in [5.41, 5.74) is 2.69. The molecule has 1 N–H and O–H groups in total. The number of nitrogens with zero attached hydrogens (tertiary/aromatic N) is 1. The van der Waals surface area contributed by atoms with Gasteiger partial charge in [0.05, 0.1) is 12.6 Å². The Kier molecular flexibility index (Phi) is 2.82. The topological polar surface area (TPSA) is 34.1 Å². The van der Waals surface area contributed by atoms with Crippen molar-refractivity contribution in [1.82, 2.24) is 10.3 Å². The molecule has 104 valence electrons. The lowest BCUT2D eigenvalue weighted by atomic mass is 9.92. The number of benzene rings is 1. The van der Waals surface area contributed by atoms with Crippen molar-refractivity contribution in [3.63, 3.8) is 0 Å². The van der Waals surface area contributed by atoms with E-state index in [9.17, 15) is 0 Å². The van der Waals surface area contributed by atoms with E-state index in [-0.39, 0.29) is 5.54 Å². The zero-order valence-electron chi connectivity index (χ0n) is 11.6. The van der Waals surface area contributed by atoms with Crippen LogP contribution in [0.1, 0.15) is 35.4 Å². The first kappa shape index (κ1) is 12.4. The fourth-order valence-corrected chi connectivity index (χ4v) is 4.04. The molecule has 3 nitrogen and oxygen atoms in total. The molecule has 1 unspecified atom stereocenters. The van der Waals surface area contributed by atoms with E-state index in [1.807, 2.05) is 6.20 Å². The highest BCUT2D eigenvalue weighted by Crippen LogP contribution is 2.45. The fourth-order valence-electron chi connectivity index (χ4n) is 3.20. The lowest BCUT2D eigenvalue weighted by Gasteiger charge is -2.30. The van der Waals surface area contributed by atoms with Gasteiger partial charge < -0.3 is 4.74 Å². The third-order valence-electron chi connectivity index (χ3n) is 4.37. The van der Waals surface area contributed by atoms with Crippen molar-refractivity contribution in [2.24, 2.45) is 0 Å². The largest absolute Gasteiger partial charge is 0.497 e.